The van der Waals surface area contributed by atoms with Crippen LogP contribution in [-0.2, 0) is 45.2 Å². The lowest BCUT2D eigenvalue weighted by Crippen LogP contribution is -2.32. The van der Waals surface area contributed by atoms with Gasteiger partial charge in [0, 0.05) is 36.8 Å². The lowest BCUT2D eigenvalue weighted by atomic mass is 9.80. The predicted octanol–water partition coefficient (Wildman–Crippen LogP) is 4.48. The molecule has 0 aliphatic heterocycles. The first kappa shape index (κ1) is 70.8. The third-order valence-electron chi connectivity index (χ3n) is 14.7. The summed E-state index contributed by atoms with van der Waals surface area (Å²) in [6.45, 7) is -3.91. The van der Waals surface area contributed by atoms with Gasteiger partial charge < -0.3 is 78.7 Å². The summed E-state index contributed by atoms with van der Waals surface area (Å²) in [6.07, 6.45) is -5.10. The minimum atomic E-state index is -5.63. The quantitative estimate of drug-likeness (QED) is 0.0259. The predicted molar refractivity (Wildman–Crippen MR) is 316 cm³/mol. The van der Waals surface area contributed by atoms with Gasteiger partial charge in [0.05, 0.1) is 62.0 Å². The van der Waals surface area contributed by atoms with Crippen LogP contribution in [0.25, 0.3) is 0 Å². The van der Waals surface area contributed by atoms with Crippen LogP contribution in [0.4, 0.5) is 0 Å². The number of aliphatic hydroxyl groups is 5. The number of aromatic hydroxyl groups is 3. The van der Waals surface area contributed by atoms with Crippen molar-refractivity contribution in [1.82, 2.24) is 0 Å². The van der Waals surface area contributed by atoms with Crippen molar-refractivity contribution in [2.24, 2.45) is 0 Å². The van der Waals surface area contributed by atoms with Gasteiger partial charge in [-0.05, 0) is 112 Å². The molecule has 0 spiro atoms. The zero-order valence-electron chi connectivity index (χ0n) is 48.2. The molecule has 10 unspecified atom stereocenters. The molecule has 0 bridgehead atoms. The van der Waals surface area contributed by atoms with Crippen LogP contribution in [0.15, 0.2) is 109 Å². The summed E-state index contributed by atoms with van der Waals surface area (Å²) in [5, 5.41) is 81.2. The number of aliphatic hydroxyl groups excluding tert-OH is 5. The molecule has 0 aliphatic rings. The minimum Gasteiger partial charge on any atom is -0.504 e. The van der Waals surface area contributed by atoms with Crippen LogP contribution in [0.5, 0.6) is 57.5 Å². The van der Waals surface area contributed by atoms with Crippen molar-refractivity contribution in [3.05, 3.63) is 154 Å². The van der Waals surface area contributed by atoms with Gasteiger partial charge in [0.1, 0.15) is 39.5 Å². The van der Waals surface area contributed by atoms with Gasteiger partial charge >= 0.3 is 0 Å². The van der Waals surface area contributed by atoms with E-state index >= 15 is 0 Å². The van der Waals surface area contributed by atoms with Crippen LogP contribution in [0, 0.1) is 0 Å². The monoisotopic (exact) mass is 1330 g/mol. The van der Waals surface area contributed by atoms with Gasteiger partial charge in [-0.3, -0.25) is 18.2 Å². The van der Waals surface area contributed by atoms with Crippen molar-refractivity contribution >= 4 is 40.5 Å². The highest BCUT2D eigenvalue weighted by atomic mass is 32.2. The molecule has 0 amide bonds. The van der Waals surface area contributed by atoms with Gasteiger partial charge in [-0.2, -0.15) is 33.7 Å². The average Bonchev–Trinajstić information content (AvgIpc) is 1.87. The van der Waals surface area contributed by atoms with Crippen LogP contribution in [0.2, 0.25) is 0 Å². The molecule has 6 aromatic carbocycles. The topological polar surface area (TPSA) is 453 Å². The van der Waals surface area contributed by atoms with Crippen LogP contribution in [-0.4, -0.2) is 179 Å². The summed E-state index contributed by atoms with van der Waals surface area (Å²) in [4.78, 5) is 0. The van der Waals surface area contributed by atoms with Crippen molar-refractivity contribution in [2.75, 3.05) is 69.1 Å². The van der Waals surface area contributed by atoms with E-state index in [2.05, 4.69) is 0 Å². The van der Waals surface area contributed by atoms with E-state index in [1.54, 1.807) is 0 Å². The Morgan fingerprint density at radius 3 is 1.43 bits per heavy atom. The van der Waals surface area contributed by atoms with E-state index in [0.29, 0.717) is 11.3 Å². The first-order valence-electron chi connectivity index (χ1n) is 26.3. The zero-order chi connectivity index (χ0) is 66.1. The first-order valence-corrected chi connectivity index (χ1v) is 32.3. The Hall–Kier alpha value is -7.28. The normalized spacial score (nSPS) is 15.7. The summed E-state index contributed by atoms with van der Waals surface area (Å²) in [7, 11) is -14.1. The molecule has 0 aromatic heterocycles. The van der Waals surface area contributed by atoms with Crippen LogP contribution in [0.1, 0.15) is 90.5 Å². The fourth-order valence-electron chi connectivity index (χ4n) is 10.5. The Kier molecular flexibility index (Phi) is 23.5. The van der Waals surface area contributed by atoms with Crippen molar-refractivity contribution < 1.29 is 131 Å². The summed E-state index contributed by atoms with van der Waals surface area (Å²) < 4.78 is 190. The lowest BCUT2D eigenvalue weighted by molar-refractivity contribution is -0.0264. The van der Waals surface area contributed by atoms with E-state index in [4.69, 9.17) is 37.9 Å². The Labute approximate surface area is 512 Å². The SMILES string of the molecule is COc1ccc(C(c2cc(O)c(OC)cc2C(C(CO)c2cc(C(C(CO)c3ccc(O)c(OC)c3)S(=O)(=O)O)cc(OC)c2O)S(=O)(=O)O)C(CO)Oc2ccc(C(OC)C(CO)Oc3ccc(C(CC(O)S(=O)(=O)O)S(=O)(=O)O)cc3OC)cc2)cc1. The fourth-order valence-corrected chi connectivity index (χ4v) is 14.3. The second-order valence-electron chi connectivity index (χ2n) is 20.0. The molecule has 89 heavy (non-hydrogen) atoms. The Morgan fingerprint density at radius 2 is 0.921 bits per heavy atom. The van der Waals surface area contributed by atoms with Crippen LogP contribution < -0.4 is 33.2 Å². The fraction of sp³-hybridized carbons (Fsp3) is 0.368. The molecule has 0 radical (unpaired) electrons. The molecule has 0 saturated carbocycles. The van der Waals surface area contributed by atoms with Gasteiger partial charge in [0.25, 0.3) is 40.5 Å². The molecular formula is C57H68O28S4. The Bertz CT molecular complexity index is 3870. The van der Waals surface area contributed by atoms with Gasteiger partial charge in [0.15, 0.2) is 57.5 Å². The van der Waals surface area contributed by atoms with Gasteiger partial charge in [-0.25, -0.2) is 0 Å². The summed E-state index contributed by atoms with van der Waals surface area (Å²) >= 11 is 0. The third-order valence-corrected chi connectivity index (χ3v) is 19.3. The van der Waals surface area contributed by atoms with E-state index in [1.807, 2.05) is 0 Å². The van der Waals surface area contributed by atoms with Crippen molar-refractivity contribution in [2.45, 2.75) is 63.7 Å². The van der Waals surface area contributed by atoms with Gasteiger partial charge in [-0.15, -0.1) is 0 Å². The Morgan fingerprint density at radius 1 is 0.404 bits per heavy atom. The highest BCUT2D eigenvalue weighted by Crippen LogP contribution is 2.51. The third kappa shape index (κ3) is 16.4. The molecule has 12 N–H and O–H groups in total. The summed E-state index contributed by atoms with van der Waals surface area (Å²) in [6, 6.07) is 22.6. The summed E-state index contributed by atoms with van der Waals surface area (Å²) in [5.41, 5.74) is -4.07. The van der Waals surface area contributed by atoms with Crippen molar-refractivity contribution in [3.63, 3.8) is 0 Å². The number of phenolic OH excluding ortho intramolecular Hbond substituents is 3. The van der Waals surface area contributed by atoms with E-state index in [1.165, 1.54) is 82.0 Å². The number of benzene rings is 6. The molecule has 10 atom stereocenters. The number of ether oxygens (including phenoxy) is 8. The zero-order valence-corrected chi connectivity index (χ0v) is 51.5. The van der Waals surface area contributed by atoms with Crippen LogP contribution in [0.3, 0.4) is 0 Å². The average molecular weight is 1330 g/mol. The number of rotatable bonds is 32. The number of hydrogen-bond acceptors (Lipinski definition) is 24. The molecule has 28 nitrogen and oxygen atoms in total. The lowest BCUT2D eigenvalue weighted by Gasteiger charge is -2.33. The summed E-state index contributed by atoms with van der Waals surface area (Å²) in [5.74, 6) is -8.00. The second kappa shape index (κ2) is 29.6. The van der Waals surface area contributed by atoms with Crippen molar-refractivity contribution in [3.8, 4) is 57.5 Å². The van der Waals surface area contributed by atoms with E-state index in [-0.39, 0.29) is 51.0 Å². The first-order chi connectivity index (χ1) is 41.9. The van der Waals surface area contributed by atoms with E-state index in [9.17, 15) is 92.7 Å². The maximum atomic E-state index is 14.3. The molecule has 0 saturated heterocycles. The number of phenols is 3. The number of hydrogen-bond donors (Lipinski definition) is 12. The largest absolute Gasteiger partial charge is 0.504 e. The molecule has 32 heteroatoms. The highest BCUT2D eigenvalue weighted by molar-refractivity contribution is 7.87. The van der Waals surface area contributed by atoms with Gasteiger partial charge in [0.2, 0.25) is 0 Å². The minimum absolute atomic E-state index is 0.000878. The van der Waals surface area contributed by atoms with Crippen molar-refractivity contribution in [1.29, 1.82) is 0 Å². The standard InChI is InChI=1S/C57H68O28S4/c1-78-35-13-7-30(8-14-35)53(49(28-60)84-36-15-9-31(10-16-36)55(83-6)50(29-61)85-44-18-12-33(21-47(44)81-4)51(86(66,67)68)25-52(64)87(69,70)71)37-23-43(63)46(80-3)24-39(37)57(89(75,76)77)41(27-59)38-19-34(22-48(82-5)54(38)65)56(88(72,73)74)40(26-58)32-11-17-42(62)45(20-32)79-2/h7-24,40-41,49-53,55-65H,25-29H2,1-6H3,(H,66,67,68)(H,69,70,71)(H,72,73,74)(H,75,76,77). The second-order valence-corrected chi connectivity index (χ2v) is 26.2. The van der Waals surface area contributed by atoms with E-state index < -0.39 is 170 Å². The molecule has 488 valence electrons. The van der Waals surface area contributed by atoms with Crippen LogP contribution >= 0.6 is 0 Å². The molecule has 0 aliphatic carbocycles. The molecule has 0 fully saturated rings. The maximum absolute atomic E-state index is 14.3. The Balaban J connectivity index is 1.46. The molecular weight excluding hydrogens is 1260 g/mol. The molecule has 6 aromatic rings. The molecule has 6 rings (SSSR count). The smallest absolute Gasteiger partial charge is 0.292 e. The van der Waals surface area contributed by atoms with Gasteiger partial charge in [-0.1, -0.05) is 36.4 Å². The highest BCUT2D eigenvalue weighted by Gasteiger charge is 2.44. The molecule has 0 heterocycles. The maximum Gasteiger partial charge on any atom is 0.292 e. The number of methoxy groups -OCH3 is 6. The van der Waals surface area contributed by atoms with E-state index in [0.717, 1.165) is 69.9 Å².